The highest BCUT2D eigenvalue weighted by atomic mass is 19.1. The number of hydrogen-bond donors (Lipinski definition) is 0. The van der Waals surface area contributed by atoms with Crippen LogP contribution in [0.3, 0.4) is 0 Å². The van der Waals surface area contributed by atoms with Gasteiger partial charge < -0.3 is 9.47 Å². The number of carbonyl (C=O) groups is 1. The minimum atomic E-state index is -0.493. The summed E-state index contributed by atoms with van der Waals surface area (Å²) in [7, 11) is 0. The van der Waals surface area contributed by atoms with Crippen molar-refractivity contribution in [2.45, 2.75) is 12.7 Å². The second-order valence-corrected chi connectivity index (χ2v) is 5.32. The van der Waals surface area contributed by atoms with Crippen LogP contribution in [-0.4, -0.2) is 19.1 Å². The van der Waals surface area contributed by atoms with Crippen LogP contribution in [0, 0.1) is 5.82 Å². The van der Waals surface area contributed by atoms with Crippen LogP contribution in [0.1, 0.15) is 17.4 Å². The van der Waals surface area contributed by atoms with Gasteiger partial charge in [-0.3, -0.25) is 9.69 Å². The van der Waals surface area contributed by atoms with Crippen molar-refractivity contribution in [1.29, 1.82) is 0 Å². The molecule has 2 heterocycles. The summed E-state index contributed by atoms with van der Waals surface area (Å²) in [5, 5.41) is 0. The molecule has 1 saturated heterocycles. The number of ether oxygens (including phenoxy) is 2. The molecular weight excluding hydrogens is 285 g/mol. The predicted molar refractivity (Wildman–Crippen MR) is 78.3 cm³/mol. The van der Waals surface area contributed by atoms with Crippen LogP contribution in [0.2, 0.25) is 0 Å². The van der Waals surface area contributed by atoms with E-state index in [0.29, 0.717) is 18.8 Å². The molecule has 0 spiro atoms. The number of amides is 1. The normalized spacial score (nSPS) is 18.0. The van der Waals surface area contributed by atoms with Gasteiger partial charge >= 0.3 is 0 Å². The zero-order chi connectivity index (χ0) is 15.1. The Bertz CT molecular complexity index is 740. The fraction of sp³-hybridized carbons (Fsp3) is 0.235. The van der Waals surface area contributed by atoms with Gasteiger partial charge in [0.25, 0.3) is 0 Å². The molecule has 0 aliphatic carbocycles. The summed E-state index contributed by atoms with van der Waals surface area (Å²) in [6.45, 7) is 1.03. The third kappa shape index (κ3) is 2.10. The Morgan fingerprint density at radius 2 is 1.82 bits per heavy atom. The Balaban J connectivity index is 1.79. The van der Waals surface area contributed by atoms with E-state index in [4.69, 9.17) is 9.47 Å². The molecule has 22 heavy (non-hydrogen) atoms. The molecule has 0 saturated carbocycles. The Hall–Kier alpha value is -2.24. The summed E-state index contributed by atoms with van der Waals surface area (Å²) in [6, 6.07) is 12.0. The predicted octanol–water partition coefficient (Wildman–Crippen LogP) is 3.09. The first-order valence-corrected chi connectivity index (χ1v) is 7.17. The first kappa shape index (κ1) is 13.4. The first-order chi connectivity index (χ1) is 10.7. The van der Waals surface area contributed by atoms with Gasteiger partial charge in [-0.1, -0.05) is 24.3 Å². The number of anilines is 2. The molecule has 112 valence electrons. The van der Waals surface area contributed by atoms with E-state index in [9.17, 15) is 9.18 Å². The smallest absolute Gasteiger partial charge is 0.236 e. The maximum Gasteiger partial charge on any atom is 0.236 e. The number of fused-ring (bicyclic) bond motifs is 1. The van der Waals surface area contributed by atoms with Crippen molar-refractivity contribution < 1.29 is 18.7 Å². The lowest BCUT2D eigenvalue weighted by Crippen LogP contribution is -2.22. The van der Waals surface area contributed by atoms with Crippen molar-refractivity contribution in [3.05, 3.63) is 59.4 Å². The molecule has 1 amide bonds. The summed E-state index contributed by atoms with van der Waals surface area (Å²) in [5.41, 5.74) is 2.60. The van der Waals surface area contributed by atoms with Crippen LogP contribution < -0.4 is 4.90 Å². The van der Waals surface area contributed by atoms with E-state index in [2.05, 4.69) is 0 Å². The van der Waals surface area contributed by atoms with Gasteiger partial charge in [0, 0.05) is 5.56 Å². The maximum absolute atomic E-state index is 14.3. The third-order valence-corrected chi connectivity index (χ3v) is 3.93. The second-order valence-electron chi connectivity index (χ2n) is 5.32. The number of benzene rings is 2. The lowest BCUT2D eigenvalue weighted by atomic mass is 10.1. The monoisotopic (exact) mass is 299 g/mol. The summed E-state index contributed by atoms with van der Waals surface area (Å²) in [4.78, 5) is 13.7. The SMILES string of the molecule is O=C1Cc2ccccc2N1c1cc(C2OCCO2)ccc1F. The zero-order valence-electron chi connectivity index (χ0n) is 11.8. The van der Waals surface area contributed by atoms with Crippen LogP contribution in [0.25, 0.3) is 0 Å². The molecule has 0 aromatic heterocycles. The molecule has 4 nitrogen and oxygen atoms in total. The van der Waals surface area contributed by atoms with E-state index in [-0.39, 0.29) is 18.0 Å². The Morgan fingerprint density at radius 3 is 2.64 bits per heavy atom. The average Bonchev–Trinajstić information content (AvgIpc) is 3.15. The summed E-state index contributed by atoms with van der Waals surface area (Å²) in [6.07, 6.45) is -0.205. The van der Waals surface area contributed by atoms with Gasteiger partial charge in [0.05, 0.1) is 31.0 Å². The van der Waals surface area contributed by atoms with Crippen molar-refractivity contribution in [3.8, 4) is 0 Å². The highest BCUT2D eigenvalue weighted by Gasteiger charge is 2.31. The van der Waals surface area contributed by atoms with Crippen LogP contribution in [0.4, 0.5) is 15.8 Å². The van der Waals surface area contributed by atoms with E-state index in [1.807, 2.05) is 24.3 Å². The van der Waals surface area contributed by atoms with Gasteiger partial charge in [0.1, 0.15) is 5.82 Å². The van der Waals surface area contributed by atoms with Crippen molar-refractivity contribution in [3.63, 3.8) is 0 Å². The Kier molecular flexibility index (Phi) is 3.17. The van der Waals surface area contributed by atoms with E-state index < -0.39 is 12.1 Å². The molecular formula is C17H14FNO3. The standard InChI is InChI=1S/C17H14FNO3/c18-13-6-5-12(17-21-7-8-22-17)9-15(13)19-14-4-2-1-3-11(14)10-16(19)20/h1-6,9,17H,7-8,10H2. The largest absolute Gasteiger partial charge is 0.346 e. The van der Waals surface area contributed by atoms with E-state index >= 15 is 0 Å². The molecule has 0 unspecified atom stereocenters. The highest BCUT2D eigenvalue weighted by molar-refractivity contribution is 6.07. The number of carbonyl (C=O) groups excluding carboxylic acids is 1. The fourth-order valence-electron chi connectivity index (χ4n) is 2.92. The van der Waals surface area contributed by atoms with Gasteiger partial charge in [0.2, 0.25) is 5.91 Å². The van der Waals surface area contributed by atoms with Gasteiger partial charge in [-0.25, -0.2) is 4.39 Å². The minimum absolute atomic E-state index is 0.134. The molecule has 0 atom stereocenters. The highest BCUT2D eigenvalue weighted by Crippen LogP contribution is 2.38. The number of para-hydroxylation sites is 1. The van der Waals surface area contributed by atoms with Gasteiger partial charge in [-0.05, 0) is 23.8 Å². The minimum Gasteiger partial charge on any atom is -0.346 e. The van der Waals surface area contributed by atoms with Crippen LogP contribution in [0.15, 0.2) is 42.5 Å². The molecule has 2 aliphatic heterocycles. The molecule has 2 aromatic carbocycles. The summed E-state index contributed by atoms with van der Waals surface area (Å²) < 4.78 is 25.2. The van der Waals surface area contributed by atoms with E-state index in [1.165, 1.54) is 11.0 Å². The topological polar surface area (TPSA) is 38.8 Å². The van der Waals surface area contributed by atoms with E-state index in [1.54, 1.807) is 12.1 Å². The van der Waals surface area contributed by atoms with Crippen molar-refractivity contribution >= 4 is 17.3 Å². The quantitative estimate of drug-likeness (QED) is 0.855. The molecule has 2 aliphatic rings. The van der Waals surface area contributed by atoms with Crippen molar-refractivity contribution in [2.75, 3.05) is 18.1 Å². The number of hydrogen-bond acceptors (Lipinski definition) is 3. The number of nitrogens with zero attached hydrogens (tertiary/aromatic N) is 1. The van der Waals surface area contributed by atoms with Crippen molar-refractivity contribution in [2.24, 2.45) is 0 Å². The van der Waals surface area contributed by atoms with Gasteiger partial charge in [0.15, 0.2) is 6.29 Å². The summed E-state index contributed by atoms with van der Waals surface area (Å²) >= 11 is 0. The molecule has 5 heteroatoms. The van der Waals surface area contributed by atoms with Gasteiger partial charge in [-0.15, -0.1) is 0 Å². The number of halogens is 1. The fourth-order valence-corrected chi connectivity index (χ4v) is 2.92. The second kappa shape index (κ2) is 5.19. The van der Waals surface area contributed by atoms with Gasteiger partial charge in [-0.2, -0.15) is 0 Å². The van der Waals surface area contributed by atoms with Crippen LogP contribution in [-0.2, 0) is 20.7 Å². The first-order valence-electron chi connectivity index (χ1n) is 7.17. The maximum atomic E-state index is 14.3. The number of rotatable bonds is 2. The van der Waals surface area contributed by atoms with Crippen LogP contribution >= 0.6 is 0 Å². The van der Waals surface area contributed by atoms with E-state index in [0.717, 1.165) is 11.3 Å². The Labute approximate surface area is 127 Å². The molecule has 0 bridgehead atoms. The zero-order valence-corrected chi connectivity index (χ0v) is 11.8. The summed E-state index contributed by atoms with van der Waals surface area (Å²) in [5.74, 6) is -0.572. The molecule has 1 fully saturated rings. The van der Waals surface area contributed by atoms with Crippen LogP contribution in [0.5, 0.6) is 0 Å². The average molecular weight is 299 g/mol. The third-order valence-electron chi connectivity index (χ3n) is 3.93. The lowest BCUT2D eigenvalue weighted by Gasteiger charge is -2.20. The Morgan fingerprint density at radius 1 is 1.05 bits per heavy atom. The lowest BCUT2D eigenvalue weighted by molar-refractivity contribution is -0.116. The van der Waals surface area contributed by atoms with Crippen molar-refractivity contribution in [1.82, 2.24) is 0 Å². The molecule has 0 radical (unpaired) electrons. The molecule has 0 N–H and O–H groups in total. The molecule has 4 rings (SSSR count). The molecule has 2 aromatic rings.